The molecular formula is C14H23ClN2O2S. The highest BCUT2D eigenvalue weighted by Gasteiger charge is 2.23. The Morgan fingerprint density at radius 2 is 2.15 bits per heavy atom. The molecule has 6 heteroatoms. The second kappa shape index (κ2) is 7.41. The van der Waals surface area contributed by atoms with Crippen molar-refractivity contribution >= 4 is 22.4 Å². The summed E-state index contributed by atoms with van der Waals surface area (Å²) < 4.78 is 27.1. The van der Waals surface area contributed by atoms with Gasteiger partial charge in [0.1, 0.15) is 0 Å². The van der Waals surface area contributed by atoms with Crippen LogP contribution >= 0.6 is 12.4 Å². The van der Waals surface area contributed by atoms with Crippen molar-refractivity contribution in [3.63, 3.8) is 0 Å². The molecule has 1 heterocycles. The normalized spacial score (nSPS) is 23.1. The molecule has 20 heavy (non-hydrogen) atoms. The van der Waals surface area contributed by atoms with E-state index in [2.05, 4.69) is 17.0 Å². The molecule has 1 aromatic carbocycles. The van der Waals surface area contributed by atoms with Crippen molar-refractivity contribution in [3.05, 3.63) is 35.4 Å². The zero-order valence-electron chi connectivity index (χ0n) is 11.9. The van der Waals surface area contributed by atoms with Crippen LogP contribution < -0.4 is 10.0 Å². The van der Waals surface area contributed by atoms with Crippen LogP contribution in [0.4, 0.5) is 0 Å². The predicted molar refractivity (Wildman–Crippen MR) is 84.7 cm³/mol. The maximum Gasteiger partial charge on any atom is 0.216 e. The molecule has 114 valence electrons. The molecule has 1 fully saturated rings. The Morgan fingerprint density at radius 1 is 1.40 bits per heavy atom. The molecule has 1 aliphatic rings. The van der Waals surface area contributed by atoms with E-state index in [-0.39, 0.29) is 24.2 Å². The number of sulfonamides is 1. The van der Waals surface area contributed by atoms with Crippen molar-refractivity contribution in [2.45, 2.75) is 44.5 Å². The van der Waals surface area contributed by atoms with E-state index in [1.54, 1.807) is 0 Å². The minimum absolute atomic E-state index is 0. The first-order valence-electron chi connectivity index (χ1n) is 6.73. The van der Waals surface area contributed by atoms with E-state index in [1.165, 1.54) is 0 Å². The molecule has 2 unspecified atom stereocenters. The molecule has 0 aliphatic carbocycles. The van der Waals surface area contributed by atoms with Crippen LogP contribution in [0.2, 0.25) is 0 Å². The highest BCUT2D eigenvalue weighted by atomic mass is 35.5. The summed E-state index contributed by atoms with van der Waals surface area (Å²) in [4.78, 5) is 0. The Balaban J connectivity index is 0.00000200. The van der Waals surface area contributed by atoms with E-state index in [4.69, 9.17) is 0 Å². The Hall–Kier alpha value is -0.620. The molecular weight excluding hydrogens is 296 g/mol. The van der Waals surface area contributed by atoms with Crippen LogP contribution in [-0.2, 0) is 15.8 Å². The fraction of sp³-hybridized carbons (Fsp3) is 0.571. The first-order chi connectivity index (χ1) is 8.94. The number of aryl methyl sites for hydroxylation is 1. The fourth-order valence-corrected chi connectivity index (χ4v) is 3.98. The van der Waals surface area contributed by atoms with Gasteiger partial charge in [-0.25, -0.2) is 13.1 Å². The highest BCUT2D eigenvalue weighted by molar-refractivity contribution is 7.88. The average Bonchev–Trinajstić information content (AvgIpc) is 2.27. The third-order valence-corrected chi connectivity index (χ3v) is 4.81. The van der Waals surface area contributed by atoms with Crippen LogP contribution in [0.3, 0.4) is 0 Å². The van der Waals surface area contributed by atoms with Gasteiger partial charge in [-0.15, -0.1) is 12.4 Å². The van der Waals surface area contributed by atoms with Gasteiger partial charge in [0.05, 0.1) is 5.75 Å². The SMILES string of the molecule is Cc1cccc(CS(=O)(=O)NC2CCNC(C)C2)c1.Cl. The summed E-state index contributed by atoms with van der Waals surface area (Å²) in [5.41, 5.74) is 1.93. The quantitative estimate of drug-likeness (QED) is 0.892. The van der Waals surface area contributed by atoms with Gasteiger partial charge in [-0.1, -0.05) is 29.8 Å². The van der Waals surface area contributed by atoms with Gasteiger partial charge in [-0.2, -0.15) is 0 Å². The summed E-state index contributed by atoms with van der Waals surface area (Å²) in [7, 11) is -3.25. The van der Waals surface area contributed by atoms with Gasteiger partial charge in [0.2, 0.25) is 10.0 Å². The van der Waals surface area contributed by atoms with Gasteiger partial charge in [0.25, 0.3) is 0 Å². The second-order valence-electron chi connectivity index (χ2n) is 5.44. The minimum Gasteiger partial charge on any atom is -0.314 e. The number of hydrogen-bond donors (Lipinski definition) is 2. The lowest BCUT2D eigenvalue weighted by Crippen LogP contribution is -2.46. The molecule has 0 spiro atoms. The summed E-state index contributed by atoms with van der Waals surface area (Å²) in [6.45, 7) is 4.93. The van der Waals surface area contributed by atoms with E-state index in [0.29, 0.717) is 6.04 Å². The molecule has 2 atom stereocenters. The molecule has 2 rings (SSSR count). The smallest absolute Gasteiger partial charge is 0.216 e. The first kappa shape index (κ1) is 17.4. The van der Waals surface area contributed by atoms with Gasteiger partial charge in [-0.05, 0) is 38.8 Å². The van der Waals surface area contributed by atoms with Crippen LogP contribution in [-0.4, -0.2) is 27.0 Å². The van der Waals surface area contributed by atoms with Crippen LogP contribution in [0.15, 0.2) is 24.3 Å². The second-order valence-corrected chi connectivity index (χ2v) is 7.20. The number of hydrogen-bond acceptors (Lipinski definition) is 3. The molecule has 0 radical (unpaired) electrons. The van der Waals surface area contributed by atoms with Crippen molar-refractivity contribution < 1.29 is 8.42 Å². The van der Waals surface area contributed by atoms with Crippen molar-refractivity contribution in [2.75, 3.05) is 6.54 Å². The van der Waals surface area contributed by atoms with Gasteiger partial charge < -0.3 is 5.32 Å². The van der Waals surface area contributed by atoms with Gasteiger partial charge in [0.15, 0.2) is 0 Å². The summed E-state index contributed by atoms with van der Waals surface area (Å²) in [5.74, 6) is 0.0625. The monoisotopic (exact) mass is 318 g/mol. The number of halogens is 1. The minimum atomic E-state index is -3.25. The molecule has 0 aromatic heterocycles. The zero-order valence-corrected chi connectivity index (χ0v) is 13.6. The summed E-state index contributed by atoms with van der Waals surface area (Å²) in [6, 6.07) is 8.08. The van der Waals surface area contributed by atoms with Crippen LogP contribution in [0.5, 0.6) is 0 Å². The van der Waals surface area contributed by atoms with E-state index in [0.717, 1.165) is 30.5 Å². The molecule has 1 aromatic rings. The van der Waals surface area contributed by atoms with Crippen LogP contribution in [0, 0.1) is 6.92 Å². The summed E-state index contributed by atoms with van der Waals surface area (Å²) >= 11 is 0. The zero-order chi connectivity index (χ0) is 13.9. The number of benzene rings is 1. The summed E-state index contributed by atoms with van der Waals surface area (Å²) in [6.07, 6.45) is 1.71. The molecule has 0 amide bonds. The molecule has 0 bridgehead atoms. The Bertz CT molecular complexity index is 534. The largest absolute Gasteiger partial charge is 0.314 e. The van der Waals surface area contributed by atoms with Crippen molar-refractivity contribution in [1.29, 1.82) is 0 Å². The Labute approximate surface area is 127 Å². The topological polar surface area (TPSA) is 58.2 Å². The number of nitrogens with one attached hydrogen (secondary N) is 2. The standard InChI is InChI=1S/C14H22N2O2S.ClH/c1-11-4-3-5-13(8-11)10-19(17,18)16-14-6-7-15-12(2)9-14;/h3-5,8,12,14-16H,6-7,9-10H2,1-2H3;1H. The van der Waals surface area contributed by atoms with Gasteiger partial charge in [-0.3, -0.25) is 0 Å². The van der Waals surface area contributed by atoms with Crippen LogP contribution in [0.25, 0.3) is 0 Å². The fourth-order valence-electron chi connectivity index (χ4n) is 2.56. The third kappa shape index (κ3) is 5.40. The van der Waals surface area contributed by atoms with Crippen molar-refractivity contribution in [2.24, 2.45) is 0 Å². The predicted octanol–water partition coefficient (Wildman–Crippen LogP) is 1.98. The Morgan fingerprint density at radius 3 is 2.80 bits per heavy atom. The lowest BCUT2D eigenvalue weighted by Gasteiger charge is -2.28. The molecule has 0 saturated carbocycles. The lowest BCUT2D eigenvalue weighted by atomic mass is 10.0. The molecule has 1 saturated heterocycles. The maximum atomic E-state index is 12.2. The van der Waals surface area contributed by atoms with E-state index in [9.17, 15) is 8.42 Å². The average molecular weight is 319 g/mol. The van der Waals surface area contributed by atoms with Gasteiger partial charge in [0, 0.05) is 12.1 Å². The van der Waals surface area contributed by atoms with Crippen molar-refractivity contribution in [3.8, 4) is 0 Å². The van der Waals surface area contributed by atoms with E-state index < -0.39 is 10.0 Å². The van der Waals surface area contributed by atoms with Crippen LogP contribution in [0.1, 0.15) is 30.9 Å². The van der Waals surface area contributed by atoms with E-state index in [1.807, 2.05) is 31.2 Å². The van der Waals surface area contributed by atoms with E-state index >= 15 is 0 Å². The number of piperidine rings is 1. The Kier molecular flexibility index (Phi) is 6.45. The molecule has 1 aliphatic heterocycles. The third-order valence-electron chi connectivity index (χ3n) is 3.41. The first-order valence-corrected chi connectivity index (χ1v) is 8.39. The maximum absolute atomic E-state index is 12.2. The van der Waals surface area contributed by atoms with Gasteiger partial charge >= 0.3 is 0 Å². The van der Waals surface area contributed by atoms with Crippen molar-refractivity contribution in [1.82, 2.24) is 10.0 Å². The number of rotatable bonds is 4. The summed E-state index contributed by atoms with van der Waals surface area (Å²) in [5, 5.41) is 3.32. The lowest BCUT2D eigenvalue weighted by molar-refractivity contribution is 0.361. The highest BCUT2D eigenvalue weighted by Crippen LogP contribution is 2.12. The molecule has 2 N–H and O–H groups in total. The molecule has 4 nitrogen and oxygen atoms in total.